The molecule has 0 aliphatic carbocycles. The predicted molar refractivity (Wildman–Crippen MR) is 123 cm³/mol. The Morgan fingerprint density at radius 3 is 2.68 bits per heavy atom. The van der Waals surface area contributed by atoms with Gasteiger partial charge in [0, 0.05) is 48.2 Å². The summed E-state index contributed by atoms with van der Waals surface area (Å²) in [6.07, 6.45) is 2.89. The molecule has 6 heteroatoms. The second kappa shape index (κ2) is 8.04. The topological polar surface area (TPSA) is 80.5 Å². The van der Waals surface area contributed by atoms with Crippen molar-refractivity contribution in [2.45, 2.75) is 19.4 Å². The van der Waals surface area contributed by atoms with Gasteiger partial charge in [-0.3, -0.25) is 4.79 Å². The fourth-order valence-corrected chi connectivity index (χ4v) is 4.38. The van der Waals surface area contributed by atoms with E-state index in [1.54, 1.807) is 0 Å². The number of nitrogens with two attached hydrogens (primary N) is 1. The van der Waals surface area contributed by atoms with Crippen LogP contribution >= 0.6 is 0 Å². The highest BCUT2D eigenvalue weighted by molar-refractivity contribution is 5.97. The number of hydrogen-bond acceptors (Lipinski definition) is 5. The van der Waals surface area contributed by atoms with E-state index in [0.717, 1.165) is 59.5 Å². The molecule has 1 atom stereocenters. The molecule has 2 aromatic carbocycles. The monoisotopic (exact) mass is 414 g/mol. The molecule has 1 saturated heterocycles. The van der Waals surface area contributed by atoms with Crippen LogP contribution in [-0.2, 0) is 11.2 Å². The first-order chi connectivity index (χ1) is 15.1. The average molecular weight is 415 g/mol. The van der Waals surface area contributed by atoms with Crippen molar-refractivity contribution < 1.29 is 9.53 Å². The maximum Gasteiger partial charge on any atom is 0.251 e. The molecule has 1 fully saturated rings. The van der Waals surface area contributed by atoms with E-state index >= 15 is 0 Å². The minimum absolute atomic E-state index is 0.0117. The lowest BCUT2D eigenvalue weighted by Gasteiger charge is -2.33. The van der Waals surface area contributed by atoms with Gasteiger partial charge in [0.15, 0.2) is 0 Å². The number of morpholine rings is 1. The third-order valence-electron chi connectivity index (χ3n) is 6.07. The Bertz CT molecular complexity index is 1130. The van der Waals surface area contributed by atoms with Crippen LogP contribution in [0, 0.1) is 0 Å². The zero-order chi connectivity index (χ0) is 21.4. The van der Waals surface area contributed by atoms with Crippen LogP contribution in [0.15, 0.2) is 54.7 Å². The number of rotatable bonds is 3. The highest BCUT2D eigenvalue weighted by Crippen LogP contribution is 2.32. The minimum Gasteiger partial charge on any atom is -0.383 e. The Kier molecular flexibility index (Phi) is 5.08. The Balaban J connectivity index is 1.44. The normalized spacial score (nSPS) is 18.4. The fraction of sp³-hybridized carbons (Fsp3) is 0.280. The van der Waals surface area contributed by atoms with Crippen molar-refractivity contribution in [1.82, 2.24) is 10.3 Å². The third-order valence-corrected chi connectivity index (χ3v) is 6.07. The summed E-state index contributed by atoms with van der Waals surface area (Å²) in [6, 6.07) is 16.5. The van der Waals surface area contributed by atoms with Gasteiger partial charge < -0.3 is 20.7 Å². The van der Waals surface area contributed by atoms with E-state index in [1.165, 1.54) is 5.69 Å². The summed E-state index contributed by atoms with van der Waals surface area (Å²) in [5.74, 6) is 0.477. The summed E-state index contributed by atoms with van der Waals surface area (Å²) < 4.78 is 5.65. The number of nitrogens with one attached hydrogen (secondary N) is 1. The van der Waals surface area contributed by atoms with Crippen LogP contribution in [0.4, 0.5) is 11.5 Å². The van der Waals surface area contributed by atoms with Crippen molar-refractivity contribution in [2.75, 3.05) is 36.9 Å². The van der Waals surface area contributed by atoms with Crippen molar-refractivity contribution >= 4 is 17.4 Å². The Hall–Kier alpha value is -3.38. The van der Waals surface area contributed by atoms with E-state index in [-0.39, 0.29) is 12.0 Å². The third kappa shape index (κ3) is 3.86. The molecule has 3 heterocycles. The summed E-state index contributed by atoms with van der Waals surface area (Å²) >= 11 is 0. The van der Waals surface area contributed by atoms with Gasteiger partial charge in [0.1, 0.15) is 5.82 Å². The van der Waals surface area contributed by atoms with Crippen LogP contribution in [0.25, 0.3) is 22.3 Å². The van der Waals surface area contributed by atoms with E-state index < -0.39 is 0 Å². The van der Waals surface area contributed by atoms with Crippen LogP contribution in [0.3, 0.4) is 0 Å². The molecule has 0 saturated carbocycles. The van der Waals surface area contributed by atoms with Crippen LogP contribution in [0.2, 0.25) is 0 Å². The van der Waals surface area contributed by atoms with Gasteiger partial charge >= 0.3 is 0 Å². The quantitative estimate of drug-likeness (QED) is 0.686. The molecule has 0 spiro atoms. The van der Waals surface area contributed by atoms with Crippen LogP contribution in [0.1, 0.15) is 22.8 Å². The number of amides is 1. The number of ether oxygens (including phenoxy) is 1. The van der Waals surface area contributed by atoms with E-state index in [1.807, 2.05) is 18.3 Å². The Labute approximate surface area is 182 Å². The molecular weight excluding hydrogens is 388 g/mol. The van der Waals surface area contributed by atoms with Gasteiger partial charge in [0.25, 0.3) is 5.91 Å². The van der Waals surface area contributed by atoms with Crippen molar-refractivity contribution in [3.05, 3.63) is 65.9 Å². The zero-order valence-electron chi connectivity index (χ0n) is 17.6. The van der Waals surface area contributed by atoms with Crippen molar-refractivity contribution in [3.63, 3.8) is 0 Å². The first-order valence-corrected chi connectivity index (χ1v) is 10.7. The van der Waals surface area contributed by atoms with Gasteiger partial charge in [0.2, 0.25) is 0 Å². The van der Waals surface area contributed by atoms with Crippen LogP contribution < -0.4 is 16.0 Å². The summed E-state index contributed by atoms with van der Waals surface area (Å²) in [5, 5.41) is 2.88. The molecule has 3 aromatic rings. The number of fused-ring (bicyclic) bond motifs is 1. The number of benzene rings is 2. The summed E-state index contributed by atoms with van der Waals surface area (Å²) in [5.41, 5.74) is 13.2. The second-order valence-electron chi connectivity index (χ2n) is 8.21. The molecule has 0 bridgehead atoms. The number of nitrogen functional groups attached to an aromatic ring is 1. The largest absolute Gasteiger partial charge is 0.383 e. The van der Waals surface area contributed by atoms with Gasteiger partial charge in [-0.2, -0.15) is 0 Å². The lowest BCUT2D eigenvalue weighted by atomic mass is 9.94. The molecule has 158 valence electrons. The van der Waals surface area contributed by atoms with Gasteiger partial charge in [-0.05, 0) is 54.3 Å². The first-order valence-electron chi connectivity index (χ1n) is 10.7. The Morgan fingerprint density at radius 2 is 1.87 bits per heavy atom. The molecule has 3 N–H and O–H groups in total. The maximum absolute atomic E-state index is 12.0. The molecule has 2 aliphatic heterocycles. The van der Waals surface area contributed by atoms with Crippen molar-refractivity contribution in [1.29, 1.82) is 0 Å². The Morgan fingerprint density at radius 1 is 1.06 bits per heavy atom. The molecule has 2 aliphatic rings. The standard InChI is InChI=1S/C25H26N4O2/c1-16-15-29(10-11-31-16)21-5-2-17(3-6-21)20-13-23(24(26)28-14-20)18-4-7-22-19(12-18)8-9-27-25(22)30/h2-7,12-14,16H,8-11,15H2,1H3,(H2,26,28)(H,27,30)/t16-/m0/s1. The number of nitrogens with zero attached hydrogens (tertiary/aromatic N) is 2. The zero-order valence-corrected chi connectivity index (χ0v) is 17.6. The highest BCUT2D eigenvalue weighted by atomic mass is 16.5. The summed E-state index contributed by atoms with van der Waals surface area (Å²) in [6.45, 7) is 5.35. The lowest BCUT2D eigenvalue weighted by molar-refractivity contribution is 0.0532. The minimum atomic E-state index is -0.0117. The fourth-order valence-electron chi connectivity index (χ4n) is 4.38. The molecule has 31 heavy (non-hydrogen) atoms. The van der Waals surface area contributed by atoms with E-state index in [4.69, 9.17) is 10.5 Å². The first kappa shape index (κ1) is 19.6. The molecular formula is C25H26N4O2. The number of pyridine rings is 1. The van der Waals surface area contributed by atoms with E-state index in [2.05, 4.69) is 58.5 Å². The highest BCUT2D eigenvalue weighted by Gasteiger charge is 2.19. The number of aromatic nitrogens is 1. The number of hydrogen-bond donors (Lipinski definition) is 2. The number of carbonyl (C=O) groups excluding carboxylic acids is 1. The SMILES string of the molecule is C[C@H]1CN(c2ccc(-c3cnc(N)c(-c4ccc5c(c4)CCNC5=O)c3)cc2)CCO1. The lowest BCUT2D eigenvalue weighted by Crippen LogP contribution is -2.41. The molecule has 0 radical (unpaired) electrons. The average Bonchev–Trinajstić information content (AvgIpc) is 2.79. The van der Waals surface area contributed by atoms with Crippen molar-refractivity contribution in [3.8, 4) is 22.3 Å². The summed E-state index contributed by atoms with van der Waals surface area (Å²) in [4.78, 5) is 18.8. The van der Waals surface area contributed by atoms with Crippen molar-refractivity contribution in [2.24, 2.45) is 0 Å². The van der Waals surface area contributed by atoms with Gasteiger partial charge in [0.05, 0.1) is 12.7 Å². The van der Waals surface area contributed by atoms with Gasteiger partial charge in [-0.15, -0.1) is 0 Å². The van der Waals surface area contributed by atoms with Gasteiger partial charge in [-0.25, -0.2) is 4.98 Å². The molecule has 1 amide bonds. The molecule has 5 rings (SSSR count). The van der Waals surface area contributed by atoms with Crippen LogP contribution in [-0.4, -0.2) is 43.2 Å². The van der Waals surface area contributed by atoms with Crippen LogP contribution in [0.5, 0.6) is 0 Å². The molecule has 6 nitrogen and oxygen atoms in total. The maximum atomic E-state index is 12.0. The molecule has 1 aromatic heterocycles. The van der Waals surface area contributed by atoms with E-state index in [0.29, 0.717) is 12.4 Å². The molecule has 0 unspecified atom stereocenters. The smallest absolute Gasteiger partial charge is 0.251 e. The number of anilines is 2. The number of carbonyl (C=O) groups is 1. The second-order valence-corrected chi connectivity index (χ2v) is 8.21. The summed E-state index contributed by atoms with van der Waals surface area (Å²) in [7, 11) is 0. The predicted octanol–water partition coefficient (Wildman–Crippen LogP) is 3.51. The van der Waals surface area contributed by atoms with E-state index in [9.17, 15) is 4.79 Å². The van der Waals surface area contributed by atoms with Gasteiger partial charge in [-0.1, -0.05) is 24.3 Å².